The molecule has 88 valence electrons. The summed E-state index contributed by atoms with van der Waals surface area (Å²) in [5.41, 5.74) is 1.62. The number of carbonyl (C=O) groups is 1. The minimum absolute atomic E-state index is 0.276. The smallest absolute Gasteiger partial charge is 0.333 e. The van der Waals surface area contributed by atoms with Crippen LogP contribution in [0.4, 0.5) is 0 Å². The number of carboxylic acids is 1. The largest absolute Gasteiger partial charge is 0.486 e. The summed E-state index contributed by atoms with van der Waals surface area (Å²) in [6.45, 7) is 8.83. The van der Waals surface area contributed by atoms with E-state index in [2.05, 4.69) is 10.9 Å². The van der Waals surface area contributed by atoms with Gasteiger partial charge in [0, 0.05) is 0 Å². The van der Waals surface area contributed by atoms with E-state index in [1.807, 2.05) is 37.3 Å². The number of benzene rings is 2. The predicted molar refractivity (Wildman–Crippen MR) is 70.9 cm³/mol. The van der Waals surface area contributed by atoms with Crippen molar-refractivity contribution in [2.45, 2.75) is 6.92 Å². The number of hydrogen-bond acceptors (Lipinski definition) is 1. The molecule has 0 bridgehead atoms. The highest BCUT2D eigenvalue weighted by molar-refractivity contribution is 5.95. The van der Waals surface area contributed by atoms with Gasteiger partial charge in [0.25, 0.3) is 5.70 Å². The van der Waals surface area contributed by atoms with E-state index in [4.69, 9.17) is 11.7 Å². The molecule has 2 rings (SSSR count). The maximum atomic E-state index is 10.8. The van der Waals surface area contributed by atoms with Gasteiger partial charge in [-0.3, -0.25) is 4.79 Å². The topological polar surface area (TPSA) is 41.7 Å². The van der Waals surface area contributed by atoms with Crippen LogP contribution in [0.2, 0.25) is 0 Å². The zero-order chi connectivity index (χ0) is 13.1. The fraction of sp³-hybridized carbons (Fsp3) is 0.0667. The van der Waals surface area contributed by atoms with Crippen molar-refractivity contribution in [2.24, 2.45) is 0 Å². The number of aliphatic carboxylic acids is 1. The van der Waals surface area contributed by atoms with Crippen LogP contribution in [-0.4, -0.2) is 11.1 Å². The maximum Gasteiger partial charge on any atom is 0.333 e. The van der Waals surface area contributed by atoms with E-state index in [0.717, 1.165) is 16.3 Å². The zero-order valence-electron chi connectivity index (χ0n) is 9.84. The lowest BCUT2D eigenvalue weighted by molar-refractivity contribution is -0.132. The molecule has 0 atom stereocenters. The molecule has 2 aromatic carbocycles. The van der Waals surface area contributed by atoms with E-state index < -0.39 is 5.97 Å². The van der Waals surface area contributed by atoms with E-state index in [0.29, 0.717) is 0 Å². The zero-order valence-corrected chi connectivity index (χ0v) is 9.84. The number of fused-ring (bicyclic) bond motifs is 1. The summed E-state index contributed by atoms with van der Waals surface area (Å²) in [5.74, 6) is -1.20. The molecule has 0 unspecified atom stereocenters. The molecular weight excluding hydrogens is 226 g/mol. The summed E-state index contributed by atoms with van der Waals surface area (Å²) in [5, 5.41) is 10.9. The fourth-order valence-corrected chi connectivity index (χ4v) is 1.77. The number of carboxylic acid groups (broad SMARTS) is 1. The lowest BCUT2D eigenvalue weighted by atomic mass is 10.0. The van der Waals surface area contributed by atoms with Gasteiger partial charge < -0.3 is 5.11 Å². The number of rotatable bonds is 2. The molecule has 0 aliphatic heterocycles. The van der Waals surface area contributed by atoms with Gasteiger partial charge in [0.15, 0.2) is 0 Å². The first-order valence-corrected chi connectivity index (χ1v) is 5.43. The molecule has 0 fully saturated rings. The van der Waals surface area contributed by atoms with Crippen LogP contribution in [0.1, 0.15) is 11.1 Å². The third kappa shape index (κ3) is 2.38. The van der Waals surface area contributed by atoms with Gasteiger partial charge in [0.2, 0.25) is 0 Å². The first kappa shape index (κ1) is 11.9. The molecule has 0 amide bonds. The molecule has 0 aliphatic carbocycles. The van der Waals surface area contributed by atoms with Gasteiger partial charge in [0.05, 0.1) is 6.57 Å². The van der Waals surface area contributed by atoms with Gasteiger partial charge in [-0.25, -0.2) is 4.85 Å². The Morgan fingerprint density at radius 1 is 1.22 bits per heavy atom. The summed E-state index contributed by atoms with van der Waals surface area (Å²) in [6, 6.07) is 11.7. The molecule has 1 N–H and O–H groups in total. The van der Waals surface area contributed by atoms with Crippen molar-refractivity contribution in [1.82, 2.24) is 0 Å². The summed E-state index contributed by atoms with van der Waals surface area (Å²) in [7, 11) is 0. The molecule has 0 heterocycles. The van der Waals surface area contributed by atoms with Crippen molar-refractivity contribution in [3.05, 3.63) is 64.6 Å². The van der Waals surface area contributed by atoms with E-state index in [1.165, 1.54) is 11.6 Å². The Kier molecular flexibility index (Phi) is 3.11. The highest BCUT2D eigenvalue weighted by Gasteiger charge is 2.06. The highest BCUT2D eigenvalue weighted by atomic mass is 16.4. The molecule has 0 saturated heterocycles. The molecule has 3 nitrogen and oxygen atoms in total. The average Bonchev–Trinajstić information content (AvgIpc) is 2.35. The Bertz CT molecular complexity index is 693. The second-order valence-corrected chi connectivity index (χ2v) is 4.06. The van der Waals surface area contributed by atoms with Crippen molar-refractivity contribution in [1.29, 1.82) is 0 Å². The lowest BCUT2D eigenvalue weighted by Gasteiger charge is -2.01. The number of hydrogen-bond donors (Lipinski definition) is 1. The maximum absolute atomic E-state index is 10.8. The minimum Gasteiger partial charge on any atom is -0.486 e. The van der Waals surface area contributed by atoms with Gasteiger partial charge >= 0.3 is 5.97 Å². The average molecular weight is 237 g/mol. The summed E-state index contributed by atoms with van der Waals surface area (Å²) in [4.78, 5) is 13.7. The van der Waals surface area contributed by atoms with Crippen molar-refractivity contribution in [2.75, 3.05) is 0 Å². The van der Waals surface area contributed by atoms with Gasteiger partial charge in [0.1, 0.15) is 0 Å². The predicted octanol–water partition coefficient (Wildman–Crippen LogP) is 3.49. The van der Waals surface area contributed by atoms with Gasteiger partial charge in [-0.15, -0.1) is 0 Å². The third-order valence-corrected chi connectivity index (χ3v) is 2.66. The van der Waals surface area contributed by atoms with Crippen LogP contribution in [0.15, 0.2) is 42.1 Å². The molecular formula is C15H11NO2. The summed E-state index contributed by atoms with van der Waals surface area (Å²) in [6.07, 6.45) is 1.38. The van der Waals surface area contributed by atoms with Gasteiger partial charge in [-0.05, 0) is 35.4 Å². The van der Waals surface area contributed by atoms with Crippen LogP contribution in [0.25, 0.3) is 21.7 Å². The summed E-state index contributed by atoms with van der Waals surface area (Å²) >= 11 is 0. The third-order valence-electron chi connectivity index (χ3n) is 2.66. The van der Waals surface area contributed by atoms with Crippen LogP contribution in [0.3, 0.4) is 0 Å². The molecule has 0 spiro atoms. The molecule has 0 radical (unpaired) electrons. The Hall–Kier alpha value is -2.60. The molecule has 0 aromatic heterocycles. The van der Waals surface area contributed by atoms with E-state index in [1.54, 1.807) is 0 Å². The van der Waals surface area contributed by atoms with Crippen LogP contribution >= 0.6 is 0 Å². The first-order chi connectivity index (χ1) is 8.60. The van der Waals surface area contributed by atoms with E-state index >= 15 is 0 Å². The molecule has 0 saturated carbocycles. The summed E-state index contributed by atoms with van der Waals surface area (Å²) < 4.78 is 0. The van der Waals surface area contributed by atoms with Crippen molar-refractivity contribution in [3.8, 4) is 0 Å². The Morgan fingerprint density at radius 2 is 1.89 bits per heavy atom. The van der Waals surface area contributed by atoms with Crippen LogP contribution in [0.5, 0.6) is 0 Å². The molecule has 3 heteroatoms. The van der Waals surface area contributed by atoms with Gasteiger partial charge in [-0.2, -0.15) is 0 Å². The SMILES string of the molecule is [C-]#[N+]/C(=C\c1ccc2cc(C)ccc2c1)C(=O)O. The number of nitrogens with zero attached hydrogens (tertiary/aromatic N) is 1. The molecule has 18 heavy (non-hydrogen) atoms. The Labute approximate surface area is 105 Å². The monoisotopic (exact) mass is 237 g/mol. The first-order valence-electron chi connectivity index (χ1n) is 5.43. The van der Waals surface area contributed by atoms with Crippen LogP contribution < -0.4 is 0 Å². The highest BCUT2D eigenvalue weighted by Crippen LogP contribution is 2.19. The van der Waals surface area contributed by atoms with Crippen molar-refractivity contribution < 1.29 is 9.90 Å². The van der Waals surface area contributed by atoms with Crippen LogP contribution in [-0.2, 0) is 4.79 Å². The Balaban J connectivity index is 2.52. The lowest BCUT2D eigenvalue weighted by Crippen LogP contribution is -1.95. The fourth-order valence-electron chi connectivity index (χ4n) is 1.77. The van der Waals surface area contributed by atoms with E-state index in [-0.39, 0.29) is 5.70 Å². The second kappa shape index (κ2) is 4.72. The molecule has 0 aliphatic rings. The van der Waals surface area contributed by atoms with Gasteiger partial charge in [-0.1, -0.05) is 35.9 Å². The van der Waals surface area contributed by atoms with Crippen molar-refractivity contribution >= 4 is 22.8 Å². The van der Waals surface area contributed by atoms with Crippen LogP contribution in [0, 0.1) is 13.5 Å². The Morgan fingerprint density at radius 3 is 2.56 bits per heavy atom. The van der Waals surface area contributed by atoms with E-state index in [9.17, 15) is 4.79 Å². The minimum atomic E-state index is -1.20. The number of aryl methyl sites for hydroxylation is 1. The van der Waals surface area contributed by atoms with Crippen molar-refractivity contribution in [3.63, 3.8) is 0 Å². The normalized spacial score (nSPS) is 11.2. The quantitative estimate of drug-likeness (QED) is 0.641. The second-order valence-electron chi connectivity index (χ2n) is 4.06. The molecule has 2 aromatic rings. The standard InChI is InChI=1S/C15H11NO2/c1-10-3-5-13-8-11(4-6-12(13)7-10)9-14(16-2)15(17)18/h3-9H,1H3,(H,17,18)/b14-9-.